The fourth-order valence-electron chi connectivity index (χ4n) is 3.73. The van der Waals surface area contributed by atoms with Gasteiger partial charge in [0.2, 0.25) is 0 Å². The van der Waals surface area contributed by atoms with Gasteiger partial charge in [0, 0.05) is 24.7 Å². The molecule has 1 saturated carbocycles. The van der Waals surface area contributed by atoms with Gasteiger partial charge in [-0.25, -0.2) is 0 Å². The highest BCUT2D eigenvalue weighted by Gasteiger charge is 2.32. The maximum absolute atomic E-state index is 3.70. The van der Waals surface area contributed by atoms with Crippen molar-refractivity contribution in [2.24, 2.45) is 0 Å². The molecule has 0 spiro atoms. The van der Waals surface area contributed by atoms with Crippen molar-refractivity contribution in [2.45, 2.75) is 64.1 Å². The second-order valence-electron chi connectivity index (χ2n) is 6.32. The molecule has 0 radical (unpaired) electrons. The monoisotopic (exact) mass is 253 g/mol. The average Bonchev–Trinajstić information content (AvgIpc) is 2.73. The Bertz CT molecular complexity index is 244. The highest BCUT2D eigenvalue weighted by Crippen LogP contribution is 2.27. The number of rotatable bonds is 4. The Morgan fingerprint density at radius 1 is 1.22 bits per heavy atom. The average molecular weight is 253 g/mol. The Hall–Kier alpha value is -0.120. The van der Waals surface area contributed by atoms with Crippen molar-refractivity contribution in [3.8, 4) is 0 Å². The minimum absolute atomic E-state index is 0.729. The molecule has 1 heterocycles. The fraction of sp³-hybridized carbons (Fsp3) is 1.00. The smallest absolute Gasteiger partial charge is 0.0197 e. The van der Waals surface area contributed by atoms with E-state index < -0.39 is 0 Å². The van der Waals surface area contributed by atoms with Crippen molar-refractivity contribution < 1.29 is 0 Å². The zero-order chi connectivity index (χ0) is 13.0. The molecule has 0 aromatic carbocycles. The minimum atomic E-state index is 0.729. The Balaban J connectivity index is 1.84. The van der Waals surface area contributed by atoms with Crippen LogP contribution < -0.4 is 5.32 Å². The Morgan fingerprint density at radius 2 is 2.06 bits per heavy atom. The van der Waals surface area contributed by atoms with E-state index >= 15 is 0 Å². The molecule has 18 heavy (non-hydrogen) atoms. The number of likely N-dealkylation sites (N-methyl/N-ethyl adjacent to an activating group) is 1. The quantitative estimate of drug-likeness (QED) is 0.826. The van der Waals surface area contributed by atoms with Gasteiger partial charge in [-0.15, -0.1) is 0 Å². The van der Waals surface area contributed by atoms with E-state index in [4.69, 9.17) is 0 Å². The first-order chi connectivity index (χ1) is 8.70. The minimum Gasteiger partial charge on any atom is -0.314 e. The summed E-state index contributed by atoms with van der Waals surface area (Å²) in [5.41, 5.74) is 0. The van der Waals surface area contributed by atoms with E-state index in [1.807, 2.05) is 0 Å². The number of nitrogens with zero attached hydrogens (tertiary/aromatic N) is 2. The SMILES string of the molecule is CCCNC1CCC(N2CCCN(C)CC2C)C1. The summed E-state index contributed by atoms with van der Waals surface area (Å²) in [6.07, 6.45) is 6.74. The van der Waals surface area contributed by atoms with Gasteiger partial charge in [-0.1, -0.05) is 6.92 Å². The molecule has 3 heteroatoms. The van der Waals surface area contributed by atoms with Gasteiger partial charge in [-0.2, -0.15) is 0 Å². The van der Waals surface area contributed by atoms with Crippen molar-refractivity contribution >= 4 is 0 Å². The molecule has 2 rings (SSSR count). The van der Waals surface area contributed by atoms with Gasteiger partial charge in [0.15, 0.2) is 0 Å². The zero-order valence-electron chi connectivity index (χ0n) is 12.5. The highest BCUT2D eigenvalue weighted by molar-refractivity contribution is 4.90. The van der Waals surface area contributed by atoms with Gasteiger partial charge in [0.05, 0.1) is 0 Å². The van der Waals surface area contributed by atoms with Crippen molar-refractivity contribution in [2.75, 3.05) is 33.2 Å². The first kappa shape index (κ1) is 14.3. The third-order valence-corrected chi connectivity index (χ3v) is 4.66. The summed E-state index contributed by atoms with van der Waals surface area (Å²) >= 11 is 0. The molecule has 1 aliphatic carbocycles. The number of hydrogen-bond donors (Lipinski definition) is 1. The Kier molecular flexibility index (Phi) is 5.46. The third-order valence-electron chi connectivity index (χ3n) is 4.66. The molecule has 3 unspecified atom stereocenters. The molecule has 1 N–H and O–H groups in total. The summed E-state index contributed by atoms with van der Waals surface area (Å²) in [4.78, 5) is 5.28. The van der Waals surface area contributed by atoms with Crippen molar-refractivity contribution in [1.29, 1.82) is 0 Å². The van der Waals surface area contributed by atoms with Crippen LogP contribution in [0.1, 0.15) is 46.0 Å². The van der Waals surface area contributed by atoms with Crippen molar-refractivity contribution in [3.63, 3.8) is 0 Å². The van der Waals surface area contributed by atoms with Gasteiger partial charge in [-0.05, 0) is 65.7 Å². The second kappa shape index (κ2) is 6.88. The van der Waals surface area contributed by atoms with Crippen LogP contribution in [0, 0.1) is 0 Å². The van der Waals surface area contributed by atoms with E-state index in [9.17, 15) is 0 Å². The molecule has 1 saturated heterocycles. The summed E-state index contributed by atoms with van der Waals surface area (Å²) in [6, 6.07) is 2.34. The second-order valence-corrected chi connectivity index (χ2v) is 6.32. The molecule has 1 aliphatic heterocycles. The molecule has 2 aliphatic rings. The van der Waals surface area contributed by atoms with Crippen LogP contribution in [0.4, 0.5) is 0 Å². The summed E-state index contributed by atoms with van der Waals surface area (Å²) in [6.45, 7) is 9.67. The van der Waals surface area contributed by atoms with Crippen LogP contribution in [0.3, 0.4) is 0 Å². The molecule has 0 aromatic heterocycles. The van der Waals surface area contributed by atoms with Gasteiger partial charge in [0.1, 0.15) is 0 Å². The number of hydrogen-bond acceptors (Lipinski definition) is 3. The van der Waals surface area contributed by atoms with Crippen molar-refractivity contribution in [3.05, 3.63) is 0 Å². The molecule has 3 nitrogen and oxygen atoms in total. The topological polar surface area (TPSA) is 18.5 Å². The normalized spacial score (nSPS) is 35.8. The third kappa shape index (κ3) is 3.69. The summed E-state index contributed by atoms with van der Waals surface area (Å²) in [5, 5.41) is 3.70. The van der Waals surface area contributed by atoms with E-state index in [0.717, 1.165) is 18.1 Å². The molecule has 2 fully saturated rings. The highest BCUT2D eigenvalue weighted by atomic mass is 15.3. The van der Waals surface area contributed by atoms with Gasteiger partial charge >= 0.3 is 0 Å². The maximum Gasteiger partial charge on any atom is 0.0197 e. The van der Waals surface area contributed by atoms with E-state index in [0.29, 0.717) is 0 Å². The molecule has 0 amide bonds. The lowest BCUT2D eigenvalue weighted by Gasteiger charge is -2.33. The van der Waals surface area contributed by atoms with Gasteiger partial charge in [-0.3, -0.25) is 4.90 Å². The molecule has 106 valence electrons. The molecular formula is C15H31N3. The molecule has 0 bridgehead atoms. The summed E-state index contributed by atoms with van der Waals surface area (Å²) in [5.74, 6) is 0. The van der Waals surface area contributed by atoms with Crippen LogP contribution in [0.15, 0.2) is 0 Å². The predicted octanol–water partition coefficient (Wildman–Crippen LogP) is 1.93. The summed E-state index contributed by atoms with van der Waals surface area (Å²) < 4.78 is 0. The lowest BCUT2D eigenvalue weighted by atomic mass is 10.1. The van der Waals surface area contributed by atoms with E-state index in [1.54, 1.807) is 0 Å². The molecule has 3 atom stereocenters. The van der Waals surface area contributed by atoms with Gasteiger partial charge < -0.3 is 10.2 Å². The van der Waals surface area contributed by atoms with Crippen LogP contribution in [0.25, 0.3) is 0 Å². The van der Waals surface area contributed by atoms with E-state index in [-0.39, 0.29) is 0 Å². The summed E-state index contributed by atoms with van der Waals surface area (Å²) in [7, 11) is 2.26. The zero-order valence-corrected chi connectivity index (χ0v) is 12.5. The maximum atomic E-state index is 3.70. The standard InChI is InChI=1S/C15H31N3/c1-4-8-16-14-6-7-15(11-14)18-10-5-9-17(3)12-13(18)2/h13-16H,4-12H2,1-3H3. The van der Waals surface area contributed by atoms with Crippen LogP contribution >= 0.6 is 0 Å². The lowest BCUT2D eigenvalue weighted by Crippen LogP contribution is -2.44. The lowest BCUT2D eigenvalue weighted by molar-refractivity contribution is 0.143. The van der Waals surface area contributed by atoms with Crippen LogP contribution in [-0.2, 0) is 0 Å². The van der Waals surface area contributed by atoms with Gasteiger partial charge in [0.25, 0.3) is 0 Å². The fourth-order valence-corrected chi connectivity index (χ4v) is 3.73. The largest absolute Gasteiger partial charge is 0.314 e. The van der Waals surface area contributed by atoms with E-state index in [1.165, 1.54) is 58.3 Å². The Labute approximate surface area is 113 Å². The first-order valence-corrected chi connectivity index (χ1v) is 7.88. The Morgan fingerprint density at radius 3 is 2.83 bits per heavy atom. The molecular weight excluding hydrogens is 222 g/mol. The van der Waals surface area contributed by atoms with E-state index in [2.05, 4.69) is 36.0 Å². The van der Waals surface area contributed by atoms with Crippen LogP contribution in [-0.4, -0.2) is 61.2 Å². The predicted molar refractivity (Wildman–Crippen MR) is 78.0 cm³/mol. The van der Waals surface area contributed by atoms with Crippen molar-refractivity contribution in [1.82, 2.24) is 15.1 Å². The first-order valence-electron chi connectivity index (χ1n) is 7.88. The number of nitrogens with one attached hydrogen (secondary N) is 1. The molecule has 0 aromatic rings. The van der Waals surface area contributed by atoms with Crippen LogP contribution in [0.5, 0.6) is 0 Å². The van der Waals surface area contributed by atoms with Crippen LogP contribution in [0.2, 0.25) is 0 Å².